The van der Waals surface area contributed by atoms with Crippen molar-refractivity contribution >= 4 is 23.3 Å². The van der Waals surface area contributed by atoms with Crippen LogP contribution in [0.2, 0.25) is 0 Å². The number of nitrogens with zero attached hydrogens (tertiary/aromatic N) is 2. The summed E-state index contributed by atoms with van der Waals surface area (Å²) in [5, 5.41) is 15.1. The Bertz CT molecular complexity index is 518. The molecule has 1 fully saturated rings. The van der Waals surface area contributed by atoms with Gasteiger partial charge in [-0.2, -0.15) is 0 Å². The molecular formula is C14H21N3O4S. The standard InChI is InChI=1S/C14H21N3O4S/c1-10(11-15-5-7-22-11)16-13(20)17-6-3-4-14(8-17,9-21-2)12(18)19/h5,7,10H,3-4,6,8-9H2,1-2H3,(H,16,20)(H,18,19). The Morgan fingerprint density at radius 2 is 2.41 bits per heavy atom. The third-order valence-corrected chi connectivity index (χ3v) is 4.86. The van der Waals surface area contributed by atoms with Crippen molar-refractivity contribution in [3.63, 3.8) is 0 Å². The quantitative estimate of drug-likeness (QED) is 0.859. The Morgan fingerprint density at radius 3 is 3.00 bits per heavy atom. The summed E-state index contributed by atoms with van der Waals surface area (Å²) in [5.74, 6) is -0.917. The molecule has 1 saturated heterocycles. The lowest BCUT2D eigenvalue weighted by Crippen LogP contribution is -2.54. The summed E-state index contributed by atoms with van der Waals surface area (Å²) in [6.45, 7) is 2.68. The van der Waals surface area contributed by atoms with Crippen LogP contribution >= 0.6 is 11.3 Å². The van der Waals surface area contributed by atoms with Crippen molar-refractivity contribution in [2.24, 2.45) is 5.41 Å². The maximum atomic E-state index is 12.4. The molecule has 0 saturated carbocycles. The molecule has 2 amide bonds. The number of hydrogen-bond donors (Lipinski definition) is 2. The van der Waals surface area contributed by atoms with Crippen LogP contribution in [0.1, 0.15) is 30.8 Å². The number of rotatable bonds is 5. The summed E-state index contributed by atoms with van der Waals surface area (Å²) >= 11 is 1.47. The smallest absolute Gasteiger partial charge is 0.317 e. The van der Waals surface area contributed by atoms with Crippen molar-refractivity contribution in [3.8, 4) is 0 Å². The van der Waals surface area contributed by atoms with Gasteiger partial charge in [-0.1, -0.05) is 0 Å². The van der Waals surface area contributed by atoms with Crippen molar-refractivity contribution in [1.82, 2.24) is 15.2 Å². The molecule has 1 aromatic rings. The van der Waals surface area contributed by atoms with E-state index in [0.29, 0.717) is 19.4 Å². The Labute approximate surface area is 133 Å². The second kappa shape index (κ2) is 7.06. The maximum absolute atomic E-state index is 12.4. The molecule has 2 atom stereocenters. The number of carbonyl (C=O) groups excluding carboxylic acids is 1. The van der Waals surface area contributed by atoms with Gasteiger partial charge in [0.25, 0.3) is 0 Å². The van der Waals surface area contributed by atoms with Crippen LogP contribution in [0.15, 0.2) is 11.6 Å². The van der Waals surface area contributed by atoms with E-state index >= 15 is 0 Å². The van der Waals surface area contributed by atoms with E-state index in [0.717, 1.165) is 5.01 Å². The molecule has 2 rings (SSSR count). The number of methoxy groups -OCH3 is 1. The van der Waals surface area contributed by atoms with E-state index in [4.69, 9.17) is 4.74 Å². The minimum Gasteiger partial charge on any atom is -0.481 e. The van der Waals surface area contributed by atoms with Gasteiger partial charge >= 0.3 is 12.0 Å². The van der Waals surface area contributed by atoms with Gasteiger partial charge in [-0.05, 0) is 19.8 Å². The lowest BCUT2D eigenvalue weighted by atomic mass is 9.80. The van der Waals surface area contributed by atoms with Crippen molar-refractivity contribution in [2.45, 2.75) is 25.8 Å². The minimum atomic E-state index is -1.02. The van der Waals surface area contributed by atoms with Gasteiger partial charge in [0.15, 0.2) is 0 Å². The number of piperidine rings is 1. The molecule has 2 unspecified atom stereocenters. The highest BCUT2D eigenvalue weighted by Crippen LogP contribution is 2.31. The summed E-state index contributed by atoms with van der Waals surface area (Å²) in [6.07, 6.45) is 2.86. The van der Waals surface area contributed by atoms with E-state index in [9.17, 15) is 14.7 Å². The van der Waals surface area contributed by atoms with Crippen molar-refractivity contribution in [1.29, 1.82) is 0 Å². The molecule has 1 aromatic heterocycles. The maximum Gasteiger partial charge on any atom is 0.317 e. The minimum absolute atomic E-state index is 0.105. The summed E-state index contributed by atoms with van der Waals surface area (Å²) in [5.41, 5.74) is -1.02. The zero-order valence-electron chi connectivity index (χ0n) is 12.7. The Morgan fingerprint density at radius 1 is 1.64 bits per heavy atom. The largest absolute Gasteiger partial charge is 0.481 e. The molecule has 22 heavy (non-hydrogen) atoms. The Kier molecular flexibility index (Phi) is 5.36. The fourth-order valence-corrected chi connectivity index (χ4v) is 3.37. The van der Waals surface area contributed by atoms with Gasteiger partial charge in [0, 0.05) is 31.8 Å². The zero-order chi connectivity index (χ0) is 16.2. The average molecular weight is 327 g/mol. The van der Waals surface area contributed by atoms with Crippen LogP contribution in [-0.4, -0.2) is 53.8 Å². The van der Waals surface area contributed by atoms with Crippen LogP contribution in [-0.2, 0) is 9.53 Å². The first-order valence-electron chi connectivity index (χ1n) is 7.16. The summed E-state index contributed by atoms with van der Waals surface area (Å²) in [6, 6.07) is -0.458. The third kappa shape index (κ3) is 3.56. The number of amides is 2. The summed E-state index contributed by atoms with van der Waals surface area (Å²) in [7, 11) is 1.48. The molecule has 0 aliphatic carbocycles. The van der Waals surface area contributed by atoms with E-state index in [1.807, 2.05) is 12.3 Å². The third-order valence-electron chi connectivity index (χ3n) is 3.90. The number of thiazole rings is 1. The van der Waals surface area contributed by atoms with E-state index < -0.39 is 11.4 Å². The second-order valence-corrected chi connectivity index (χ2v) is 6.51. The normalized spacial score (nSPS) is 23.1. The number of ether oxygens (including phenoxy) is 1. The molecule has 0 bridgehead atoms. The lowest BCUT2D eigenvalue weighted by molar-refractivity contribution is -0.155. The fraction of sp³-hybridized carbons (Fsp3) is 0.643. The SMILES string of the molecule is COCC1(C(=O)O)CCCN(C(=O)NC(C)c2nccs2)C1. The number of carboxylic acids is 1. The van der Waals surface area contributed by atoms with Crippen LogP contribution in [0.5, 0.6) is 0 Å². The predicted octanol–water partition coefficient (Wildman–Crippen LogP) is 1.73. The summed E-state index contributed by atoms with van der Waals surface area (Å²) in [4.78, 5) is 29.7. The van der Waals surface area contributed by atoms with Gasteiger partial charge in [0.2, 0.25) is 0 Å². The van der Waals surface area contributed by atoms with E-state index in [2.05, 4.69) is 10.3 Å². The number of urea groups is 1. The molecule has 1 aliphatic rings. The molecule has 0 spiro atoms. The number of aliphatic carboxylic acids is 1. The number of aromatic nitrogens is 1. The van der Waals surface area contributed by atoms with Crippen molar-refractivity contribution in [3.05, 3.63) is 16.6 Å². The number of carbonyl (C=O) groups is 2. The Hall–Kier alpha value is -1.67. The lowest BCUT2D eigenvalue weighted by Gasteiger charge is -2.39. The highest BCUT2D eigenvalue weighted by molar-refractivity contribution is 7.09. The van der Waals surface area contributed by atoms with E-state index in [1.165, 1.54) is 18.4 Å². The molecule has 8 heteroatoms. The van der Waals surface area contributed by atoms with E-state index in [1.54, 1.807) is 11.1 Å². The fourth-order valence-electron chi connectivity index (χ4n) is 2.72. The molecule has 0 radical (unpaired) electrons. The molecule has 2 N–H and O–H groups in total. The number of carboxylic acid groups (broad SMARTS) is 1. The van der Waals surface area contributed by atoms with Crippen LogP contribution in [0.4, 0.5) is 4.79 Å². The number of hydrogen-bond acceptors (Lipinski definition) is 5. The molecular weight excluding hydrogens is 306 g/mol. The molecule has 2 heterocycles. The molecule has 122 valence electrons. The van der Waals surface area contributed by atoms with Crippen LogP contribution in [0.3, 0.4) is 0 Å². The van der Waals surface area contributed by atoms with Gasteiger partial charge in [0.1, 0.15) is 10.4 Å². The first-order chi connectivity index (χ1) is 10.5. The molecule has 0 aromatic carbocycles. The number of nitrogens with one attached hydrogen (secondary N) is 1. The summed E-state index contributed by atoms with van der Waals surface area (Å²) < 4.78 is 5.07. The monoisotopic (exact) mass is 327 g/mol. The first kappa shape index (κ1) is 16.7. The first-order valence-corrected chi connectivity index (χ1v) is 8.03. The Balaban J connectivity index is 2.02. The molecule has 7 nitrogen and oxygen atoms in total. The van der Waals surface area contributed by atoms with Gasteiger partial charge in [-0.3, -0.25) is 4.79 Å². The van der Waals surface area contributed by atoms with Crippen molar-refractivity contribution in [2.75, 3.05) is 26.8 Å². The van der Waals surface area contributed by atoms with Crippen LogP contribution in [0.25, 0.3) is 0 Å². The second-order valence-electron chi connectivity index (χ2n) is 5.59. The average Bonchev–Trinajstić information content (AvgIpc) is 3.02. The highest BCUT2D eigenvalue weighted by Gasteiger charge is 2.44. The van der Waals surface area contributed by atoms with Gasteiger partial charge in [-0.25, -0.2) is 9.78 Å². The van der Waals surface area contributed by atoms with Gasteiger partial charge in [-0.15, -0.1) is 11.3 Å². The van der Waals surface area contributed by atoms with Gasteiger partial charge in [0.05, 0.1) is 12.6 Å². The van der Waals surface area contributed by atoms with Crippen LogP contribution < -0.4 is 5.32 Å². The topological polar surface area (TPSA) is 91.8 Å². The van der Waals surface area contributed by atoms with Crippen molar-refractivity contribution < 1.29 is 19.4 Å². The highest BCUT2D eigenvalue weighted by atomic mass is 32.1. The predicted molar refractivity (Wildman–Crippen MR) is 81.8 cm³/mol. The zero-order valence-corrected chi connectivity index (χ0v) is 13.6. The van der Waals surface area contributed by atoms with E-state index in [-0.39, 0.29) is 25.2 Å². The van der Waals surface area contributed by atoms with Gasteiger partial charge < -0.3 is 20.1 Å². The molecule has 1 aliphatic heterocycles. The van der Waals surface area contributed by atoms with Crippen LogP contribution in [0, 0.1) is 5.41 Å². The number of likely N-dealkylation sites (tertiary alicyclic amines) is 1.